The standard InChI is InChI=1S/C26H38O6/c1-6-16(3)26(29)32-23-12-15(2)11-19-8-7-17(4)22(25(19)23)10-9-20-13-21(30-18(5)27)14-24(28)31-20/h7-8,11,15-17,20-23,25H,6,9-10,12-14H2,1-5H3/t15-,16-,17-,20-,21+,22-,23-,25-/m0/s1. The van der Waals surface area contributed by atoms with Crippen LogP contribution in [-0.4, -0.2) is 36.2 Å². The van der Waals surface area contributed by atoms with E-state index in [0.29, 0.717) is 30.6 Å². The van der Waals surface area contributed by atoms with Crippen molar-refractivity contribution in [2.24, 2.45) is 29.6 Å². The van der Waals surface area contributed by atoms with Crippen molar-refractivity contribution in [3.05, 3.63) is 23.8 Å². The van der Waals surface area contributed by atoms with E-state index >= 15 is 0 Å². The van der Waals surface area contributed by atoms with Gasteiger partial charge in [-0.15, -0.1) is 0 Å². The van der Waals surface area contributed by atoms with E-state index in [0.717, 1.165) is 19.3 Å². The zero-order valence-electron chi connectivity index (χ0n) is 20.0. The highest BCUT2D eigenvalue weighted by atomic mass is 16.6. The molecule has 178 valence electrons. The van der Waals surface area contributed by atoms with Crippen LogP contribution in [0, 0.1) is 29.6 Å². The van der Waals surface area contributed by atoms with E-state index in [4.69, 9.17) is 14.2 Å². The van der Waals surface area contributed by atoms with Gasteiger partial charge in [-0.25, -0.2) is 0 Å². The van der Waals surface area contributed by atoms with Crippen LogP contribution in [0.5, 0.6) is 0 Å². The van der Waals surface area contributed by atoms with Gasteiger partial charge in [0.05, 0.1) is 12.3 Å². The molecule has 1 heterocycles. The van der Waals surface area contributed by atoms with E-state index in [-0.39, 0.29) is 48.4 Å². The number of hydrogen-bond acceptors (Lipinski definition) is 6. The summed E-state index contributed by atoms with van der Waals surface area (Å²) in [7, 11) is 0. The van der Waals surface area contributed by atoms with Crippen molar-refractivity contribution >= 4 is 17.9 Å². The summed E-state index contributed by atoms with van der Waals surface area (Å²) in [6, 6.07) is 0. The minimum atomic E-state index is -0.405. The molecule has 32 heavy (non-hydrogen) atoms. The van der Waals surface area contributed by atoms with Gasteiger partial charge in [0.2, 0.25) is 0 Å². The van der Waals surface area contributed by atoms with Crippen LogP contribution in [-0.2, 0) is 28.6 Å². The highest BCUT2D eigenvalue weighted by Crippen LogP contribution is 2.45. The molecule has 0 spiro atoms. The SMILES string of the molecule is CC[C@H](C)C(=O)O[C@H]1C[C@@H](C)C=C2C=C[C@H](C)[C@H](CC[C@H]3C[C@@H](OC(C)=O)CC(=O)O3)[C@H]21. The Balaban J connectivity index is 1.72. The molecule has 1 saturated heterocycles. The Morgan fingerprint density at radius 2 is 1.94 bits per heavy atom. The summed E-state index contributed by atoms with van der Waals surface area (Å²) >= 11 is 0. The van der Waals surface area contributed by atoms with Gasteiger partial charge in [-0.2, -0.15) is 0 Å². The molecule has 2 aliphatic carbocycles. The van der Waals surface area contributed by atoms with Crippen LogP contribution in [0.4, 0.5) is 0 Å². The Morgan fingerprint density at radius 1 is 1.19 bits per heavy atom. The number of carbonyl (C=O) groups excluding carboxylic acids is 3. The molecule has 8 atom stereocenters. The van der Waals surface area contributed by atoms with Crippen LogP contribution in [0.1, 0.15) is 73.1 Å². The van der Waals surface area contributed by atoms with E-state index in [1.54, 1.807) is 0 Å². The number of cyclic esters (lactones) is 1. The fraction of sp³-hybridized carbons (Fsp3) is 0.731. The summed E-state index contributed by atoms with van der Waals surface area (Å²) < 4.78 is 16.9. The third-order valence-corrected chi connectivity index (χ3v) is 7.25. The van der Waals surface area contributed by atoms with Crippen molar-refractivity contribution in [1.29, 1.82) is 0 Å². The topological polar surface area (TPSA) is 78.9 Å². The maximum atomic E-state index is 12.6. The Bertz CT molecular complexity index is 766. The maximum Gasteiger partial charge on any atom is 0.309 e. The van der Waals surface area contributed by atoms with Gasteiger partial charge in [-0.1, -0.05) is 45.9 Å². The lowest BCUT2D eigenvalue weighted by Crippen LogP contribution is -2.42. The molecule has 0 aromatic carbocycles. The molecule has 6 heteroatoms. The molecule has 0 aromatic heterocycles. The smallest absolute Gasteiger partial charge is 0.309 e. The number of carbonyl (C=O) groups is 3. The van der Waals surface area contributed by atoms with Crippen LogP contribution in [0.3, 0.4) is 0 Å². The normalized spacial score (nSPS) is 35.2. The minimum Gasteiger partial charge on any atom is -0.462 e. The fourth-order valence-electron chi connectivity index (χ4n) is 5.38. The average molecular weight is 447 g/mol. The van der Waals surface area contributed by atoms with Crippen molar-refractivity contribution in [1.82, 2.24) is 0 Å². The lowest BCUT2D eigenvalue weighted by atomic mass is 9.65. The summed E-state index contributed by atoms with van der Waals surface area (Å²) in [4.78, 5) is 36.0. The van der Waals surface area contributed by atoms with Crippen molar-refractivity contribution in [2.45, 2.75) is 91.5 Å². The molecule has 6 nitrogen and oxygen atoms in total. The van der Waals surface area contributed by atoms with Gasteiger partial charge in [0.25, 0.3) is 0 Å². The molecule has 1 aliphatic heterocycles. The molecule has 0 radical (unpaired) electrons. The van der Waals surface area contributed by atoms with Gasteiger partial charge >= 0.3 is 17.9 Å². The molecule has 0 unspecified atom stereocenters. The van der Waals surface area contributed by atoms with Crippen molar-refractivity contribution in [2.75, 3.05) is 0 Å². The van der Waals surface area contributed by atoms with Gasteiger partial charge < -0.3 is 14.2 Å². The summed E-state index contributed by atoms with van der Waals surface area (Å²) in [6.07, 6.45) is 9.78. The summed E-state index contributed by atoms with van der Waals surface area (Å²) in [5.74, 6) is 0.247. The predicted octanol–water partition coefficient (Wildman–Crippen LogP) is 4.77. The van der Waals surface area contributed by atoms with Crippen LogP contribution in [0.2, 0.25) is 0 Å². The van der Waals surface area contributed by atoms with Crippen LogP contribution < -0.4 is 0 Å². The number of allylic oxidation sites excluding steroid dienone is 3. The maximum absolute atomic E-state index is 12.6. The van der Waals surface area contributed by atoms with Gasteiger partial charge in [-0.05, 0) is 49.0 Å². The van der Waals surface area contributed by atoms with Gasteiger partial charge in [-0.3, -0.25) is 14.4 Å². The molecule has 0 bridgehead atoms. The van der Waals surface area contributed by atoms with E-state index in [1.165, 1.54) is 12.5 Å². The summed E-state index contributed by atoms with van der Waals surface area (Å²) in [6.45, 7) is 9.67. The Hall–Kier alpha value is -2.11. The van der Waals surface area contributed by atoms with E-state index in [2.05, 4.69) is 32.1 Å². The Kier molecular flexibility index (Phi) is 8.18. The highest BCUT2D eigenvalue weighted by Gasteiger charge is 2.42. The number of hydrogen-bond donors (Lipinski definition) is 0. The third kappa shape index (κ3) is 6.02. The lowest BCUT2D eigenvalue weighted by molar-refractivity contribution is -0.169. The molecule has 3 rings (SSSR count). The second-order valence-electron chi connectivity index (χ2n) is 9.93. The monoisotopic (exact) mass is 446 g/mol. The number of esters is 3. The Morgan fingerprint density at radius 3 is 2.62 bits per heavy atom. The zero-order chi connectivity index (χ0) is 23.4. The quantitative estimate of drug-likeness (QED) is 0.414. The largest absolute Gasteiger partial charge is 0.462 e. The lowest BCUT2D eigenvalue weighted by Gasteiger charge is -2.43. The Labute approximate surface area is 191 Å². The van der Waals surface area contributed by atoms with Gasteiger partial charge in [0, 0.05) is 19.3 Å². The molecule has 0 N–H and O–H groups in total. The molecular weight excluding hydrogens is 408 g/mol. The van der Waals surface area contributed by atoms with E-state index < -0.39 is 6.10 Å². The molecule has 3 aliphatic rings. The molecule has 0 saturated carbocycles. The minimum absolute atomic E-state index is 0.102. The first kappa shape index (κ1) is 24.5. The van der Waals surface area contributed by atoms with Crippen LogP contribution >= 0.6 is 0 Å². The predicted molar refractivity (Wildman–Crippen MR) is 120 cm³/mol. The molecule has 1 fully saturated rings. The third-order valence-electron chi connectivity index (χ3n) is 7.25. The molecular formula is C26H38O6. The van der Waals surface area contributed by atoms with Crippen molar-refractivity contribution in [3.8, 4) is 0 Å². The summed E-state index contributed by atoms with van der Waals surface area (Å²) in [5, 5.41) is 0. The first-order valence-corrected chi connectivity index (χ1v) is 12.1. The van der Waals surface area contributed by atoms with Crippen molar-refractivity contribution in [3.63, 3.8) is 0 Å². The molecule has 0 aromatic rings. The second-order valence-corrected chi connectivity index (χ2v) is 9.93. The first-order chi connectivity index (χ1) is 15.2. The number of ether oxygens (including phenoxy) is 3. The second kappa shape index (κ2) is 10.7. The number of rotatable bonds is 7. The fourth-order valence-corrected chi connectivity index (χ4v) is 5.38. The zero-order valence-corrected chi connectivity index (χ0v) is 20.0. The van der Waals surface area contributed by atoms with Gasteiger partial charge in [0.1, 0.15) is 18.3 Å². The van der Waals surface area contributed by atoms with E-state index in [1.807, 2.05) is 13.8 Å². The highest BCUT2D eigenvalue weighted by molar-refractivity contribution is 5.73. The summed E-state index contributed by atoms with van der Waals surface area (Å²) in [5.41, 5.74) is 1.26. The van der Waals surface area contributed by atoms with Crippen LogP contribution in [0.15, 0.2) is 23.8 Å². The average Bonchev–Trinajstić information content (AvgIpc) is 2.71. The van der Waals surface area contributed by atoms with Crippen LogP contribution in [0.25, 0.3) is 0 Å². The first-order valence-electron chi connectivity index (χ1n) is 12.1. The molecule has 0 amide bonds. The van der Waals surface area contributed by atoms with Gasteiger partial charge in [0.15, 0.2) is 0 Å². The number of fused-ring (bicyclic) bond motifs is 1. The van der Waals surface area contributed by atoms with Crippen molar-refractivity contribution < 1.29 is 28.6 Å². The van der Waals surface area contributed by atoms with E-state index in [9.17, 15) is 14.4 Å².